The molecule has 6 heteroatoms. The van der Waals surface area contributed by atoms with Crippen LogP contribution in [0.25, 0.3) is 0 Å². The lowest BCUT2D eigenvalue weighted by Crippen LogP contribution is -2.35. The monoisotopic (exact) mass is 328 g/mol. The average molecular weight is 328 g/mol. The van der Waals surface area contributed by atoms with E-state index >= 15 is 0 Å². The van der Waals surface area contributed by atoms with Crippen molar-refractivity contribution in [2.45, 2.75) is 31.5 Å². The Kier molecular flexibility index (Phi) is 4.50. The molecule has 0 saturated heterocycles. The molecular formula is C17H16F4O2. The quantitative estimate of drug-likeness (QED) is 0.839. The molecule has 23 heavy (non-hydrogen) atoms. The van der Waals surface area contributed by atoms with Gasteiger partial charge in [-0.3, -0.25) is 0 Å². The Balaban J connectivity index is 2.37. The fourth-order valence-corrected chi connectivity index (χ4v) is 2.71. The van der Waals surface area contributed by atoms with Gasteiger partial charge in [-0.05, 0) is 26.0 Å². The Morgan fingerprint density at radius 3 is 1.39 bits per heavy atom. The Morgan fingerprint density at radius 1 is 0.739 bits per heavy atom. The van der Waals surface area contributed by atoms with E-state index in [1.807, 2.05) is 0 Å². The van der Waals surface area contributed by atoms with Gasteiger partial charge in [-0.25, -0.2) is 17.6 Å². The molecule has 124 valence electrons. The van der Waals surface area contributed by atoms with Crippen molar-refractivity contribution in [1.82, 2.24) is 0 Å². The summed E-state index contributed by atoms with van der Waals surface area (Å²) in [4.78, 5) is 0. The van der Waals surface area contributed by atoms with Crippen LogP contribution in [0.2, 0.25) is 0 Å². The smallest absolute Gasteiger partial charge is 0.132 e. The van der Waals surface area contributed by atoms with E-state index in [-0.39, 0.29) is 11.1 Å². The third-order valence-electron chi connectivity index (χ3n) is 3.71. The number of hydrogen-bond donors (Lipinski definition) is 2. The highest BCUT2D eigenvalue weighted by Crippen LogP contribution is 2.38. The predicted molar refractivity (Wildman–Crippen MR) is 76.5 cm³/mol. The second-order valence-electron chi connectivity index (χ2n) is 5.97. The maximum Gasteiger partial charge on any atom is 0.132 e. The van der Waals surface area contributed by atoms with Gasteiger partial charge in [0.05, 0.1) is 11.2 Å². The number of rotatable bonds is 4. The van der Waals surface area contributed by atoms with Crippen LogP contribution < -0.4 is 0 Å². The van der Waals surface area contributed by atoms with Crippen LogP contribution >= 0.6 is 0 Å². The van der Waals surface area contributed by atoms with Crippen LogP contribution in [-0.4, -0.2) is 10.2 Å². The first-order valence-corrected chi connectivity index (χ1v) is 6.89. The maximum absolute atomic E-state index is 13.9. The normalized spacial score (nSPS) is 16.7. The van der Waals surface area contributed by atoms with E-state index in [2.05, 4.69) is 0 Å². The van der Waals surface area contributed by atoms with Gasteiger partial charge in [0, 0.05) is 29.7 Å². The average Bonchev–Trinajstić information content (AvgIpc) is 2.35. The standard InChI is InChI=1S/C17H16F4O2/c1-16(22,12-5-3-10(18)7-14(12)20)9-17(2,23)13-6-4-11(19)8-15(13)21/h3-8,22-23H,9H2,1-2H3/t16-,17+. The minimum absolute atomic E-state index is 0.235. The summed E-state index contributed by atoms with van der Waals surface area (Å²) < 4.78 is 53.6. The van der Waals surface area contributed by atoms with Crippen molar-refractivity contribution in [3.05, 3.63) is 70.8 Å². The summed E-state index contributed by atoms with van der Waals surface area (Å²) in [6, 6.07) is 5.28. The van der Waals surface area contributed by atoms with Gasteiger partial charge in [-0.2, -0.15) is 0 Å². The second kappa shape index (κ2) is 5.94. The molecule has 2 nitrogen and oxygen atoms in total. The Morgan fingerprint density at radius 2 is 1.09 bits per heavy atom. The first-order valence-electron chi connectivity index (χ1n) is 6.89. The Hall–Kier alpha value is -1.92. The molecule has 0 radical (unpaired) electrons. The van der Waals surface area contributed by atoms with Crippen LogP contribution in [0.15, 0.2) is 36.4 Å². The van der Waals surface area contributed by atoms with Crippen LogP contribution in [0.1, 0.15) is 31.4 Å². The Labute approximate surface area is 131 Å². The summed E-state index contributed by atoms with van der Waals surface area (Å²) in [5.41, 5.74) is -4.27. The molecule has 0 aliphatic carbocycles. The van der Waals surface area contributed by atoms with Crippen LogP contribution in [0.3, 0.4) is 0 Å². The van der Waals surface area contributed by atoms with Gasteiger partial charge in [0.1, 0.15) is 23.3 Å². The molecular weight excluding hydrogens is 312 g/mol. The fraction of sp³-hybridized carbons (Fsp3) is 0.294. The molecule has 0 aliphatic rings. The minimum atomic E-state index is -1.90. The summed E-state index contributed by atoms with van der Waals surface area (Å²) in [5, 5.41) is 21.0. The second-order valence-corrected chi connectivity index (χ2v) is 5.97. The van der Waals surface area contributed by atoms with Crippen molar-refractivity contribution in [3.8, 4) is 0 Å². The molecule has 0 saturated carbocycles. The number of halogens is 4. The highest BCUT2D eigenvalue weighted by Gasteiger charge is 2.38. The third kappa shape index (κ3) is 3.71. The predicted octanol–water partition coefficient (Wildman–Crippen LogP) is 3.75. The first-order chi connectivity index (χ1) is 10.5. The van der Waals surface area contributed by atoms with E-state index in [9.17, 15) is 27.8 Å². The van der Waals surface area contributed by atoms with Crippen molar-refractivity contribution < 1.29 is 27.8 Å². The zero-order valence-electron chi connectivity index (χ0n) is 12.6. The molecule has 0 amide bonds. The summed E-state index contributed by atoms with van der Waals surface area (Å²) >= 11 is 0. The highest BCUT2D eigenvalue weighted by atomic mass is 19.1. The molecule has 2 rings (SSSR count). The molecule has 0 aliphatic heterocycles. The van der Waals surface area contributed by atoms with E-state index in [4.69, 9.17) is 0 Å². The van der Waals surface area contributed by atoms with Crippen molar-refractivity contribution in [3.63, 3.8) is 0 Å². The van der Waals surface area contributed by atoms with Gasteiger partial charge in [0.25, 0.3) is 0 Å². The molecule has 0 bridgehead atoms. The topological polar surface area (TPSA) is 40.5 Å². The van der Waals surface area contributed by atoms with Crippen LogP contribution in [0.4, 0.5) is 17.6 Å². The van der Waals surface area contributed by atoms with Crippen LogP contribution in [0.5, 0.6) is 0 Å². The molecule has 2 aromatic carbocycles. The summed E-state index contributed by atoms with van der Waals surface area (Å²) in [6.07, 6.45) is -0.481. The number of hydrogen-bond acceptors (Lipinski definition) is 2. The lowest BCUT2D eigenvalue weighted by molar-refractivity contribution is -0.0556. The molecule has 2 atom stereocenters. The zero-order chi connectivity index (χ0) is 17.4. The van der Waals surface area contributed by atoms with E-state index in [0.29, 0.717) is 12.1 Å². The van der Waals surface area contributed by atoms with Crippen molar-refractivity contribution in [2.24, 2.45) is 0 Å². The van der Waals surface area contributed by atoms with E-state index < -0.39 is 40.9 Å². The molecule has 0 aromatic heterocycles. The van der Waals surface area contributed by atoms with Gasteiger partial charge in [-0.15, -0.1) is 0 Å². The molecule has 2 N–H and O–H groups in total. The summed E-state index contributed by atoms with van der Waals surface area (Å²) in [5.74, 6) is -3.58. The van der Waals surface area contributed by atoms with Crippen molar-refractivity contribution in [1.29, 1.82) is 0 Å². The largest absolute Gasteiger partial charge is 0.385 e. The molecule has 0 fully saturated rings. The van der Waals surface area contributed by atoms with Gasteiger partial charge in [0.2, 0.25) is 0 Å². The van der Waals surface area contributed by atoms with Gasteiger partial charge < -0.3 is 10.2 Å². The summed E-state index contributed by atoms with van der Waals surface area (Å²) in [6.45, 7) is 2.44. The van der Waals surface area contributed by atoms with E-state index in [1.165, 1.54) is 13.8 Å². The SMILES string of the molecule is C[C@](O)(C[C@@](C)(O)c1ccc(F)cc1F)c1ccc(F)cc1F. The summed E-state index contributed by atoms with van der Waals surface area (Å²) in [7, 11) is 0. The lowest BCUT2D eigenvalue weighted by Gasteiger charge is -2.33. The van der Waals surface area contributed by atoms with E-state index in [1.54, 1.807) is 0 Å². The molecule has 0 unspecified atom stereocenters. The third-order valence-corrected chi connectivity index (χ3v) is 3.71. The van der Waals surface area contributed by atoms with Crippen molar-refractivity contribution in [2.75, 3.05) is 0 Å². The van der Waals surface area contributed by atoms with E-state index in [0.717, 1.165) is 24.3 Å². The first kappa shape index (κ1) is 17.4. The van der Waals surface area contributed by atoms with Gasteiger partial charge in [-0.1, -0.05) is 12.1 Å². The molecule has 0 spiro atoms. The highest BCUT2D eigenvalue weighted by molar-refractivity contribution is 5.29. The molecule has 2 aromatic rings. The fourth-order valence-electron chi connectivity index (χ4n) is 2.71. The van der Waals surface area contributed by atoms with Crippen LogP contribution in [0, 0.1) is 23.3 Å². The Bertz CT molecular complexity index is 665. The lowest BCUT2D eigenvalue weighted by atomic mass is 9.80. The maximum atomic E-state index is 13.9. The number of aliphatic hydroxyl groups is 2. The van der Waals surface area contributed by atoms with Gasteiger partial charge >= 0.3 is 0 Å². The minimum Gasteiger partial charge on any atom is -0.385 e. The van der Waals surface area contributed by atoms with Gasteiger partial charge in [0.15, 0.2) is 0 Å². The zero-order valence-corrected chi connectivity index (χ0v) is 12.6. The van der Waals surface area contributed by atoms with Crippen molar-refractivity contribution >= 4 is 0 Å². The number of benzene rings is 2. The van der Waals surface area contributed by atoms with Crippen LogP contribution in [-0.2, 0) is 11.2 Å². The molecule has 0 heterocycles.